The molecule has 118 valence electrons. The van der Waals surface area contributed by atoms with Gasteiger partial charge >= 0.3 is 5.97 Å². The Hall–Kier alpha value is -1.66. The lowest BCUT2D eigenvalue weighted by atomic mass is 10.2. The first-order chi connectivity index (χ1) is 10.1. The van der Waals surface area contributed by atoms with E-state index in [1.54, 1.807) is 20.1 Å². The highest BCUT2D eigenvalue weighted by atomic mass is 19.1. The molecule has 0 aliphatic rings. The Labute approximate surface area is 124 Å². The number of ether oxygens (including phenoxy) is 3. The topological polar surface area (TPSA) is 56.8 Å². The molecule has 1 unspecified atom stereocenters. The van der Waals surface area contributed by atoms with Crippen molar-refractivity contribution in [1.82, 2.24) is 5.32 Å². The number of esters is 1. The molecule has 21 heavy (non-hydrogen) atoms. The predicted octanol–water partition coefficient (Wildman–Crippen LogP) is 1.89. The highest BCUT2D eigenvalue weighted by Gasteiger charge is 2.17. The zero-order valence-corrected chi connectivity index (χ0v) is 12.6. The molecule has 0 saturated carbocycles. The average Bonchev–Trinajstić information content (AvgIpc) is 2.46. The van der Waals surface area contributed by atoms with Crippen LogP contribution in [-0.2, 0) is 20.8 Å². The van der Waals surface area contributed by atoms with E-state index in [-0.39, 0.29) is 12.4 Å². The van der Waals surface area contributed by atoms with Crippen molar-refractivity contribution in [1.29, 1.82) is 0 Å². The number of benzene rings is 1. The SMILES string of the molecule is CCOC(=O)C(C)Oc1ccc(CNCCOC)cc1F. The maximum atomic E-state index is 13.9. The summed E-state index contributed by atoms with van der Waals surface area (Å²) < 4.78 is 28.9. The summed E-state index contributed by atoms with van der Waals surface area (Å²) in [5, 5.41) is 3.12. The minimum atomic E-state index is -0.842. The fourth-order valence-electron chi connectivity index (χ4n) is 1.66. The molecule has 6 heteroatoms. The van der Waals surface area contributed by atoms with Gasteiger partial charge in [0.15, 0.2) is 17.7 Å². The molecule has 1 aromatic carbocycles. The van der Waals surface area contributed by atoms with E-state index in [1.807, 2.05) is 0 Å². The molecule has 0 radical (unpaired) electrons. The molecule has 0 bridgehead atoms. The molecule has 0 aromatic heterocycles. The smallest absolute Gasteiger partial charge is 0.347 e. The summed E-state index contributed by atoms with van der Waals surface area (Å²) >= 11 is 0. The van der Waals surface area contributed by atoms with Crippen LogP contribution in [0.4, 0.5) is 4.39 Å². The van der Waals surface area contributed by atoms with Gasteiger partial charge in [-0.15, -0.1) is 0 Å². The van der Waals surface area contributed by atoms with Crippen molar-refractivity contribution in [3.8, 4) is 5.75 Å². The zero-order valence-electron chi connectivity index (χ0n) is 12.6. The van der Waals surface area contributed by atoms with Crippen LogP contribution in [0.25, 0.3) is 0 Å². The van der Waals surface area contributed by atoms with E-state index in [9.17, 15) is 9.18 Å². The highest BCUT2D eigenvalue weighted by Crippen LogP contribution is 2.20. The van der Waals surface area contributed by atoms with E-state index in [4.69, 9.17) is 14.2 Å². The normalized spacial score (nSPS) is 12.0. The fraction of sp³-hybridized carbons (Fsp3) is 0.533. The maximum absolute atomic E-state index is 13.9. The Morgan fingerprint density at radius 2 is 2.19 bits per heavy atom. The van der Waals surface area contributed by atoms with Crippen molar-refractivity contribution in [3.05, 3.63) is 29.6 Å². The Morgan fingerprint density at radius 1 is 1.43 bits per heavy atom. The minimum Gasteiger partial charge on any atom is -0.476 e. The van der Waals surface area contributed by atoms with Crippen molar-refractivity contribution in [3.63, 3.8) is 0 Å². The second-order valence-electron chi connectivity index (χ2n) is 4.45. The molecule has 1 aromatic rings. The van der Waals surface area contributed by atoms with E-state index in [0.29, 0.717) is 19.7 Å². The second-order valence-corrected chi connectivity index (χ2v) is 4.45. The summed E-state index contributed by atoms with van der Waals surface area (Å²) in [5.41, 5.74) is 0.791. The molecule has 5 nitrogen and oxygen atoms in total. The number of hydrogen-bond acceptors (Lipinski definition) is 5. The van der Waals surface area contributed by atoms with E-state index >= 15 is 0 Å². The zero-order chi connectivity index (χ0) is 15.7. The Balaban J connectivity index is 2.55. The van der Waals surface area contributed by atoms with Crippen LogP contribution in [-0.4, -0.2) is 38.9 Å². The number of methoxy groups -OCH3 is 1. The molecular weight excluding hydrogens is 277 g/mol. The van der Waals surface area contributed by atoms with Crippen molar-refractivity contribution in [2.24, 2.45) is 0 Å². The lowest BCUT2D eigenvalue weighted by Crippen LogP contribution is -2.26. The van der Waals surface area contributed by atoms with Gasteiger partial charge in [0.2, 0.25) is 0 Å². The van der Waals surface area contributed by atoms with Crippen LogP contribution in [0.15, 0.2) is 18.2 Å². The number of hydrogen-bond donors (Lipinski definition) is 1. The van der Waals surface area contributed by atoms with Crippen LogP contribution >= 0.6 is 0 Å². The van der Waals surface area contributed by atoms with Crippen LogP contribution in [0.5, 0.6) is 5.75 Å². The van der Waals surface area contributed by atoms with Gasteiger partial charge in [-0.3, -0.25) is 0 Å². The summed E-state index contributed by atoms with van der Waals surface area (Å²) in [6, 6.07) is 4.64. The molecule has 1 atom stereocenters. The third kappa shape index (κ3) is 6.10. The van der Waals surface area contributed by atoms with Gasteiger partial charge in [-0.1, -0.05) is 6.07 Å². The predicted molar refractivity (Wildman–Crippen MR) is 76.7 cm³/mol. The number of carbonyl (C=O) groups is 1. The largest absolute Gasteiger partial charge is 0.476 e. The summed E-state index contributed by atoms with van der Waals surface area (Å²) in [7, 11) is 1.62. The summed E-state index contributed by atoms with van der Waals surface area (Å²) in [6.45, 7) is 5.32. The van der Waals surface area contributed by atoms with Gasteiger partial charge in [-0.2, -0.15) is 0 Å². The first kappa shape index (κ1) is 17.4. The van der Waals surface area contributed by atoms with Gasteiger partial charge in [0.25, 0.3) is 0 Å². The molecule has 1 rings (SSSR count). The number of rotatable bonds is 9. The standard InChI is InChI=1S/C15H22FNO4/c1-4-20-15(18)11(2)21-14-6-5-12(9-13(14)16)10-17-7-8-19-3/h5-6,9,11,17H,4,7-8,10H2,1-3H3. The van der Waals surface area contributed by atoms with Gasteiger partial charge in [0.05, 0.1) is 13.2 Å². The molecule has 0 fully saturated rings. The van der Waals surface area contributed by atoms with Crippen LogP contribution < -0.4 is 10.1 Å². The van der Waals surface area contributed by atoms with Crippen molar-refractivity contribution in [2.75, 3.05) is 26.9 Å². The van der Waals surface area contributed by atoms with E-state index in [2.05, 4.69) is 5.32 Å². The van der Waals surface area contributed by atoms with Gasteiger partial charge in [-0.05, 0) is 31.5 Å². The number of nitrogens with one attached hydrogen (secondary N) is 1. The maximum Gasteiger partial charge on any atom is 0.347 e. The Kier molecular flexibility index (Phi) is 7.71. The van der Waals surface area contributed by atoms with Crippen LogP contribution in [0.3, 0.4) is 0 Å². The molecule has 0 heterocycles. The van der Waals surface area contributed by atoms with E-state index < -0.39 is 17.9 Å². The first-order valence-electron chi connectivity index (χ1n) is 6.89. The molecule has 1 N–H and O–H groups in total. The Bertz CT molecular complexity index is 453. The lowest BCUT2D eigenvalue weighted by molar-refractivity contribution is -0.150. The molecule has 0 amide bonds. The molecular formula is C15H22FNO4. The highest BCUT2D eigenvalue weighted by molar-refractivity contribution is 5.74. The summed E-state index contributed by atoms with van der Waals surface area (Å²) in [6.07, 6.45) is -0.842. The van der Waals surface area contributed by atoms with Crippen LogP contribution in [0, 0.1) is 5.82 Å². The molecule has 0 aliphatic heterocycles. The van der Waals surface area contributed by atoms with Gasteiger partial charge in [0, 0.05) is 20.2 Å². The van der Waals surface area contributed by atoms with Crippen LogP contribution in [0.2, 0.25) is 0 Å². The third-order valence-electron chi connectivity index (χ3n) is 2.73. The minimum absolute atomic E-state index is 0.0381. The third-order valence-corrected chi connectivity index (χ3v) is 2.73. The average molecular weight is 299 g/mol. The number of halogens is 1. The van der Waals surface area contributed by atoms with Crippen molar-refractivity contribution < 1.29 is 23.4 Å². The van der Waals surface area contributed by atoms with Crippen molar-refractivity contribution >= 4 is 5.97 Å². The van der Waals surface area contributed by atoms with Crippen LogP contribution in [0.1, 0.15) is 19.4 Å². The van der Waals surface area contributed by atoms with E-state index in [0.717, 1.165) is 5.56 Å². The first-order valence-corrected chi connectivity index (χ1v) is 6.89. The van der Waals surface area contributed by atoms with Crippen molar-refractivity contribution in [2.45, 2.75) is 26.5 Å². The Morgan fingerprint density at radius 3 is 2.81 bits per heavy atom. The molecule has 0 saturated heterocycles. The second kappa shape index (κ2) is 9.31. The van der Waals surface area contributed by atoms with Gasteiger partial charge in [0.1, 0.15) is 0 Å². The quantitative estimate of drug-likeness (QED) is 0.557. The molecule has 0 aliphatic carbocycles. The van der Waals surface area contributed by atoms with Gasteiger partial charge in [-0.25, -0.2) is 9.18 Å². The summed E-state index contributed by atoms with van der Waals surface area (Å²) in [4.78, 5) is 11.4. The van der Waals surface area contributed by atoms with E-state index in [1.165, 1.54) is 19.1 Å². The summed E-state index contributed by atoms with van der Waals surface area (Å²) in [5.74, 6) is -0.976. The monoisotopic (exact) mass is 299 g/mol. The van der Waals surface area contributed by atoms with Gasteiger partial charge < -0.3 is 19.5 Å². The fourth-order valence-corrected chi connectivity index (χ4v) is 1.66. The molecule has 0 spiro atoms. The number of carbonyl (C=O) groups excluding carboxylic acids is 1. The lowest BCUT2D eigenvalue weighted by Gasteiger charge is -2.14.